The molecule has 1 aromatic carbocycles. The summed E-state index contributed by atoms with van der Waals surface area (Å²) in [5.41, 5.74) is -1.16. The van der Waals surface area contributed by atoms with Gasteiger partial charge < -0.3 is 18.8 Å². The summed E-state index contributed by atoms with van der Waals surface area (Å²) in [6.45, 7) is 4.28. The Labute approximate surface area is 144 Å². The molecule has 0 radical (unpaired) electrons. The summed E-state index contributed by atoms with van der Waals surface area (Å²) >= 11 is 0. The second-order valence-electron chi connectivity index (χ2n) is 6.08. The largest absolute Gasteiger partial charge is 0.423 e. The second-order valence-corrected chi connectivity index (χ2v) is 6.08. The van der Waals surface area contributed by atoms with Crippen LogP contribution in [0.5, 0.6) is 0 Å². The van der Waals surface area contributed by atoms with Crippen molar-refractivity contribution in [1.29, 1.82) is 0 Å². The van der Waals surface area contributed by atoms with E-state index in [1.807, 2.05) is 0 Å². The number of amides is 1. The first-order valence-corrected chi connectivity index (χ1v) is 7.94. The van der Waals surface area contributed by atoms with Crippen LogP contribution in [0.3, 0.4) is 0 Å². The van der Waals surface area contributed by atoms with E-state index in [9.17, 15) is 9.18 Å². The molecule has 0 bridgehead atoms. The summed E-state index contributed by atoms with van der Waals surface area (Å²) < 4.78 is 30.3. The van der Waals surface area contributed by atoms with Gasteiger partial charge in [-0.3, -0.25) is 4.79 Å². The molecule has 1 atom stereocenters. The van der Waals surface area contributed by atoms with Gasteiger partial charge in [-0.1, -0.05) is 18.2 Å². The van der Waals surface area contributed by atoms with Crippen molar-refractivity contribution in [1.82, 2.24) is 15.1 Å². The van der Waals surface area contributed by atoms with Gasteiger partial charge in [0.25, 0.3) is 5.91 Å². The molecule has 7 nitrogen and oxygen atoms in total. The number of nitrogens with zero attached hydrogens (tertiary/aromatic N) is 3. The molecule has 134 valence electrons. The molecule has 1 unspecified atom stereocenters. The van der Waals surface area contributed by atoms with Crippen LogP contribution in [-0.2, 0) is 26.5 Å². The number of ether oxygens (including phenoxy) is 2. The van der Waals surface area contributed by atoms with Crippen LogP contribution in [-0.4, -0.2) is 47.3 Å². The number of benzene rings is 1. The third-order valence-corrected chi connectivity index (χ3v) is 4.35. The third-order valence-electron chi connectivity index (χ3n) is 4.35. The lowest BCUT2D eigenvalue weighted by Gasteiger charge is -2.43. The first-order chi connectivity index (χ1) is 11.9. The van der Waals surface area contributed by atoms with Gasteiger partial charge in [-0.05, 0) is 13.0 Å². The predicted molar refractivity (Wildman–Crippen MR) is 85.0 cm³/mol. The molecule has 1 fully saturated rings. The fraction of sp³-hybridized carbons (Fsp3) is 0.471. The molecule has 1 aliphatic rings. The van der Waals surface area contributed by atoms with Crippen LogP contribution in [0.1, 0.15) is 24.3 Å². The number of hydrogen-bond acceptors (Lipinski definition) is 6. The highest BCUT2D eigenvalue weighted by Crippen LogP contribution is 2.31. The fourth-order valence-corrected chi connectivity index (χ4v) is 2.76. The van der Waals surface area contributed by atoms with Crippen LogP contribution in [0.15, 0.2) is 28.7 Å². The Bertz CT molecular complexity index is 760. The van der Waals surface area contributed by atoms with Gasteiger partial charge in [0.1, 0.15) is 12.4 Å². The number of methoxy groups -OCH3 is 1. The zero-order chi connectivity index (χ0) is 18.0. The lowest BCUT2D eigenvalue weighted by Crippen LogP contribution is -2.59. The highest BCUT2D eigenvalue weighted by molar-refractivity contribution is 5.87. The molecule has 2 heterocycles. The Kier molecular flexibility index (Phi) is 4.82. The van der Waals surface area contributed by atoms with Gasteiger partial charge in [0.05, 0.1) is 6.10 Å². The van der Waals surface area contributed by atoms with Crippen molar-refractivity contribution >= 4 is 5.91 Å². The summed E-state index contributed by atoms with van der Waals surface area (Å²) in [6, 6.07) is 6.13. The van der Waals surface area contributed by atoms with Crippen LogP contribution in [0, 0.1) is 12.7 Å². The molecule has 1 saturated heterocycles. The minimum Gasteiger partial charge on any atom is -0.423 e. The summed E-state index contributed by atoms with van der Waals surface area (Å²) in [6.07, 6.45) is -0.127. The van der Waals surface area contributed by atoms with Gasteiger partial charge in [-0.15, -0.1) is 10.2 Å². The van der Waals surface area contributed by atoms with E-state index in [0.29, 0.717) is 24.9 Å². The Hall–Kier alpha value is -2.32. The molecule has 8 heteroatoms. The molecule has 2 aromatic rings. The molecule has 25 heavy (non-hydrogen) atoms. The van der Waals surface area contributed by atoms with Gasteiger partial charge in [-0.25, -0.2) is 4.39 Å². The summed E-state index contributed by atoms with van der Waals surface area (Å²) in [5.74, 6) is 0.106. The highest BCUT2D eigenvalue weighted by Gasteiger charge is 2.44. The molecule has 1 aromatic heterocycles. The summed E-state index contributed by atoms with van der Waals surface area (Å²) in [5, 5.41) is 7.57. The average Bonchev–Trinajstić information content (AvgIpc) is 2.98. The smallest absolute Gasteiger partial charge is 0.259 e. The lowest BCUT2D eigenvalue weighted by molar-refractivity contribution is -0.169. The van der Waals surface area contributed by atoms with Crippen molar-refractivity contribution in [3.63, 3.8) is 0 Å². The number of likely N-dealkylation sites (tertiary alicyclic amines) is 1. The van der Waals surface area contributed by atoms with E-state index >= 15 is 0 Å². The predicted octanol–water partition coefficient (Wildman–Crippen LogP) is 1.81. The van der Waals surface area contributed by atoms with Crippen molar-refractivity contribution in [2.24, 2.45) is 0 Å². The maximum atomic E-state index is 14.1. The van der Waals surface area contributed by atoms with E-state index in [2.05, 4.69) is 10.2 Å². The molecule has 0 spiro atoms. The zero-order valence-electron chi connectivity index (χ0n) is 14.4. The number of carbonyl (C=O) groups excluding carboxylic acids is 1. The quantitative estimate of drug-likeness (QED) is 0.791. The van der Waals surface area contributed by atoms with Crippen molar-refractivity contribution < 1.29 is 23.1 Å². The van der Waals surface area contributed by atoms with E-state index in [4.69, 9.17) is 13.9 Å². The molecule has 3 rings (SSSR count). The van der Waals surface area contributed by atoms with Crippen LogP contribution in [0.25, 0.3) is 0 Å². The van der Waals surface area contributed by atoms with E-state index in [1.165, 1.54) is 13.2 Å². The third kappa shape index (κ3) is 3.40. The van der Waals surface area contributed by atoms with Crippen LogP contribution in [0.4, 0.5) is 4.39 Å². The van der Waals surface area contributed by atoms with Crippen molar-refractivity contribution in [3.05, 3.63) is 47.4 Å². The highest BCUT2D eigenvalue weighted by atomic mass is 19.1. The minimum atomic E-state index is -1.38. The molecule has 1 amide bonds. The normalized spacial score (nSPS) is 17.2. The van der Waals surface area contributed by atoms with E-state index in [1.54, 1.807) is 36.9 Å². The van der Waals surface area contributed by atoms with E-state index < -0.39 is 11.4 Å². The van der Waals surface area contributed by atoms with Gasteiger partial charge in [-0.2, -0.15) is 0 Å². The van der Waals surface area contributed by atoms with Crippen LogP contribution in [0.2, 0.25) is 0 Å². The molecule has 0 aliphatic carbocycles. The number of aromatic nitrogens is 2. The van der Waals surface area contributed by atoms with Crippen molar-refractivity contribution in [2.45, 2.75) is 32.2 Å². The molecular formula is C17H20FN3O4. The second kappa shape index (κ2) is 6.89. The number of hydrogen-bond donors (Lipinski definition) is 0. The maximum absolute atomic E-state index is 14.1. The van der Waals surface area contributed by atoms with E-state index in [0.717, 1.165) is 0 Å². The van der Waals surface area contributed by atoms with Gasteiger partial charge >= 0.3 is 0 Å². The maximum Gasteiger partial charge on any atom is 0.259 e. The summed E-state index contributed by atoms with van der Waals surface area (Å²) in [7, 11) is 1.40. The monoisotopic (exact) mass is 349 g/mol. The molecule has 1 aliphatic heterocycles. The average molecular weight is 349 g/mol. The standard InChI is InChI=1S/C17H20FN3O4/c1-11-19-20-15(25-11)10-24-12-8-21(9-12)16(22)17(2,23-3)13-6-4-5-7-14(13)18/h4-7,12H,8-10H2,1-3H3. The Morgan fingerprint density at radius 3 is 2.72 bits per heavy atom. The van der Waals surface area contributed by atoms with Crippen molar-refractivity contribution in [2.75, 3.05) is 20.2 Å². The Morgan fingerprint density at radius 2 is 2.12 bits per heavy atom. The molecule has 0 N–H and O–H groups in total. The first kappa shape index (κ1) is 17.5. The lowest BCUT2D eigenvalue weighted by atomic mass is 9.92. The molecule has 0 saturated carbocycles. The number of rotatable bonds is 6. The van der Waals surface area contributed by atoms with Gasteiger partial charge in [0, 0.05) is 32.7 Å². The minimum absolute atomic E-state index is 0.127. The van der Waals surface area contributed by atoms with E-state index in [-0.39, 0.29) is 24.2 Å². The number of halogens is 1. The fourth-order valence-electron chi connectivity index (χ4n) is 2.76. The van der Waals surface area contributed by atoms with Crippen LogP contribution >= 0.6 is 0 Å². The van der Waals surface area contributed by atoms with Crippen LogP contribution < -0.4 is 0 Å². The number of carbonyl (C=O) groups is 1. The Morgan fingerprint density at radius 1 is 1.40 bits per heavy atom. The zero-order valence-corrected chi connectivity index (χ0v) is 14.4. The number of aryl methyl sites for hydroxylation is 1. The summed E-state index contributed by atoms with van der Waals surface area (Å²) in [4.78, 5) is 14.4. The van der Waals surface area contributed by atoms with Crippen molar-refractivity contribution in [3.8, 4) is 0 Å². The Balaban J connectivity index is 1.59. The van der Waals surface area contributed by atoms with Gasteiger partial charge in [0.15, 0.2) is 5.60 Å². The molecular weight excluding hydrogens is 329 g/mol. The first-order valence-electron chi connectivity index (χ1n) is 7.94. The topological polar surface area (TPSA) is 77.7 Å². The van der Waals surface area contributed by atoms with Gasteiger partial charge in [0.2, 0.25) is 11.8 Å². The SMILES string of the molecule is COC(C)(C(=O)N1CC(OCc2nnc(C)o2)C1)c1ccccc1F.